The number of hydrogen-bond donors (Lipinski definition) is 6. The quantitative estimate of drug-likeness (QED) is 0.0149. The van der Waals surface area contributed by atoms with Crippen LogP contribution in [0.2, 0.25) is 0 Å². The summed E-state index contributed by atoms with van der Waals surface area (Å²) in [4.78, 5) is 23.0. The normalized spacial score (nSPS) is 22.8. The fourth-order valence-electron chi connectivity index (χ4n) is 7.01. The van der Waals surface area contributed by atoms with Crippen LogP contribution >= 0.6 is 7.82 Å². The van der Waals surface area contributed by atoms with Gasteiger partial charge in [0.05, 0.1) is 13.2 Å². The highest BCUT2D eigenvalue weighted by atomic mass is 31.2. The summed E-state index contributed by atoms with van der Waals surface area (Å²) in [7, 11) is -5.01. The molecule has 0 spiro atoms. The van der Waals surface area contributed by atoms with Crippen molar-refractivity contribution in [1.29, 1.82) is 0 Å². The molecule has 1 aliphatic carbocycles. The van der Waals surface area contributed by atoms with Crippen molar-refractivity contribution in [2.45, 2.75) is 230 Å². The van der Waals surface area contributed by atoms with Gasteiger partial charge < -0.3 is 39.9 Å². The van der Waals surface area contributed by atoms with Crippen LogP contribution in [0.15, 0.2) is 36.5 Å². The Morgan fingerprint density at radius 2 is 0.949 bits per heavy atom. The Kier molecular flexibility index (Phi) is 35.0. The van der Waals surface area contributed by atoms with Gasteiger partial charge in [0.25, 0.3) is 0 Å². The molecule has 1 fully saturated rings. The van der Waals surface area contributed by atoms with Crippen molar-refractivity contribution < 1.29 is 58.3 Å². The van der Waals surface area contributed by atoms with Crippen LogP contribution in [-0.4, -0.2) is 98.9 Å². The van der Waals surface area contributed by atoms with E-state index in [4.69, 9.17) is 18.5 Å². The Labute approximate surface area is 357 Å². The van der Waals surface area contributed by atoms with Crippen LogP contribution in [0.3, 0.4) is 0 Å². The first kappa shape index (κ1) is 55.6. The van der Waals surface area contributed by atoms with Gasteiger partial charge in [0.1, 0.15) is 42.7 Å². The lowest BCUT2D eigenvalue weighted by Crippen LogP contribution is -2.64. The maximum Gasteiger partial charge on any atom is 0.472 e. The third-order valence-corrected chi connectivity index (χ3v) is 11.8. The minimum absolute atomic E-state index is 0.0791. The van der Waals surface area contributed by atoms with Crippen molar-refractivity contribution in [3.8, 4) is 0 Å². The number of aliphatic hydroxyl groups excluding tert-OH is 5. The molecule has 1 saturated carbocycles. The highest BCUT2D eigenvalue weighted by Gasteiger charge is 2.51. The van der Waals surface area contributed by atoms with Gasteiger partial charge in [-0.2, -0.15) is 0 Å². The first-order valence-corrected chi connectivity index (χ1v) is 24.8. The Hall–Kier alpha value is -1.44. The molecule has 6 unspecified atom stereocenters. The van der Waals surface area contributed by atoms with Crippen LogP contribution in [-0.2, 0) is 27.9 Å². The Morgan fingerprint density at radius 3 is 1.44 bits per heavy atom. The van der Waals surface area contributed by atoms with E-state index >= 15 is 0 Å². The fourth-order valence-corrected chi connectivity index (χ4v) is 7.98. The topological polar surface area (TPSA) is 192 Å². The van der Waals surface area contributed by atoms with Gasteiger partial charge in [0, 0.05) is 13.0 Å². The number of esters is 1. The number of aliphatic hydroxyl groups is 5. The summed E-state index contributed by atoms with van der Waals surface area (Å²) in [5.74, 6) is -0.484. The highest BCUT2D eigenvalue weighted by Crippen LogP contribution is 2.47. The average Bonchev–Trinajstić information content (AvgIpc) is 3.22. The molecule has 0 radical (unpaired) electrons. The number of ether oxygens (including phenoxy) is 2. The van der Waals surface area contributed by atoms with Gasteiger partial charge in [-0.05, 0) is 51.4 Å². The van der Waals surface area contributed by atoms with Gasteiger partial charge in [0.2, 0.25) is 0 Å². The summed E-state index contributed by atoms with van der Waals surface area (Å²) in [5.41, 5.74) is 0. The Balaban J connectivity index is 2.28. The van der Waals surface area contributed by atoms with Crippen molar-refractivity contribution in [3.05, 3.63) is 36.5 Å². The van der Waals surface area contributed by atoms with Gasteiger partial charge in [-0.15, -0.1) is 0 Å². The molecule has 59 heavy (non-hydrogen) atoms. The number of hydrogen-bond acceptors (Lipinski definition) is 11. The predicted molar refractivity (Wildman–Crippen MR) is 235 cm³/mol. The first-order chi connectivity index (χ1) is 28.5. The molecule has 0 bridgehead atoms. The molecule has 0 aromatic carbocycles. The van der Waals surface area contributed by atoms with Crippen molar-refractivity contribution >= 4 is 13.8 Å². The zero-order chi connectivity index (χ0) is 43.4. The summed E-state index contributed by atoms with van der Waals surface area (Å²) >= 11 is 0. The maximum absolute atomic E-state index is 12.8. The van der Waals surface area contributed by atoms with E-state index in [0.29, 0.717) is 13.0 Å². The minimum atomic E-state index is -5.01. The van der Waals surface area contributed by atoms with Gasteiger partial charge in [0.15, 0.2) is 0 Å². The zero-order valence-electron chi connectivity index (χ0n) is 36.8. The van der Waals surface area contributed by atoms with Crippen molar-refractivity contribution in [2.75, 3.05) is 19.8 Å². The van der Waals surface area contributed by atoms with Crippen LogP contribution in [0.1, 0.15) is 187 Å². The van der Waals surface area contributed by atoms with Gasteiger partial charge in [-0.25, -0.2) is 4.57 Å². The lowest BCUT2D eigenvalue weighted by Gasteiger charge is -2.41. The second kappa shape index (κ2) is 37.1. The maximum atomic E-state index is 12.8. The van der Waals surface area contributed by atoms with E-state index < -0.39 is 63.1 Å². The molecule has 6 atom stereocenters. The molecule has 0 aliphatic heterocycles. The molecule has 346 valence electrons. The van der Waals surface area contributed by atoms with E-state index in [0.717, 1.165) is 64.2 Å². The lowest BCUT2D eigenvalue weighted by molar-refractivity contribution is -0.220. The third kappa shape index (κ3) is 29.5. The minimum Gasteiger partial charge on any atom is -0.457 e. The number of rotatable bonds is 39. The van der Waals surface area contributed by atoms with Crippen LogP contribution in [0.5, 0.6) is 0 Å². The first-order valence-electron chi connectivity index (χ1n) is 23.3. The predicted octanol–water partition coefficient (Wildman–Crippen LogP) is 9.48. The SMILES string of the molecule is CCCCCCC/C=C\C/C=C\C/C=C\CCCCCCCCCCCOCC(COP(=O)(O)OC1C(O)C(O)C(O)C(O)C1O)OC(=O)CCCCCCCCCC. The molecule has 0 aromatic heterocycles. The number of unbranched alkanes of at least 4 members (excludes halogenated alkanes) is 21. The fraction of sp³-hybridized carbons (Fsp3) is 0.848. The van der Waals surface area contributed by atoms with E-state index in [-0.39, 0.29) is 13.0 Å². The summed E-state index contributed by atoms with van der Waals surface area (Å²) in [6, 6.07) is 0. The van der Waals surface area contributed by atoms with Gasteiger partial charge in [-0.3, -0.25) is 13.8 Å². The summed E-state index contributed by atoms with van der Waals surface area (Å²) in [6.45, 7) is 4.19. The number of carbonyl (C=O) groups excluding carboxylic acids is 1. The summed E-state index contributed by atoms with van der Waals surface area (Å²) in [6.07, 6.45) is 31.0. The number of allylic oxidation sites excluding steroid dienone is 6. The molecule has 6 N–H and O–H groups in total. The van der Waals surface area contributed by atoms with E-state index in [9.17, 15) is 39.8 Å². The third-order valence-electron chi connectivity index (χ3n) is 10.8. The van der Waals surface area contributed by atoms with Gasteiger partial charge in [-0.1, -0.05) is 166 Å². The van der Waals surface area contributed by atoms with Gasteiger partial charge >= 0.3 is 13.8 Å². The molecule has 13 heteroatoms. The Morgan fingerprint density at radius 1 is 0.542 bits per heavy atom. The van der Waals surface area contributed by atoms with E-state index in [1.165, 1.54) is 96.3 Å². The molecule has 1 aliphatic rings. The Bertz CT molecular complexity index is 1120. The van der Waals surface area contributed by atoms with E-state index in [1.807, 2.05) is 0 Å². The smallest absolute Gasteiger partial charge is 0.457 e. The summed E-state index contributed by atoms with van der Waals surface area (Å²) < 4.78 is 34.1. The van der Waals surface area contributed by atoms with Crippen LogP contribution in [0.4, 0.5) is 0 Å². The second-order valence-corrected chi connectivity index (χ2v) is 17.7. The summed E-state index contributed by atoms with van der Waals surface area (Å²) in [5, 5.41) is 50.1. The molecule has 0 aromatic rings. The van der Waals surface area contributed by atoms with E-state index in [1.54, 1.807) is 0 Å². The number of phosphoric acid groups is 1. The molecular weight excluding hydrogens is 775 g/mol. The molecule has 1 rings (SSSR count). The standard InChI is InChI=1S/C46H85O12P/c1-3-5-7-9-11-13-14-15-16-17-18-19-20-21-22-23-24-25-26-27-28-30-32-34-36-55-37-39(57-40(47)35-33-31-29-12-10-8-6-4-2)38-56-59(53,54)58-46-44(51)42(49)41(48)43(50)45(46)52/h14-15,17-18,20-21,39,41-46,48-52H,3-13,16,19,22-38H2,1-2H3,(H,53,54)/b15-14-,18-17-,21-20-. The molecule has 12 nitrogen and oxygen atoms in total. The van der Waals surface area contributed by atoms with E-state index in [2.05, 4.69) is 50.3 Å². The average molecular weight is 861 g/mol. The number of carbonyl (C=O) groups is 1. The largest absolute Gasteiger partial charge is 0.472 e. The molecule has 0 saturated heterocycles. The zero-order valence-corrected chi connectivity index (χ0v) is 37.7. The van der Waals surface area contributed by atoms with Crippen LogP contribution < -0.4 is 0 Å². The van der Waals surface area contributed by atoms with Crippen LogP contribution in [0.25, 0.3) is 0 Å². The molecule has 0 amide bonds. The van der Waals surface area contributed by atoms with Crippen molar-refractivity contribution in [1.82, 2.24) is 0 Å². The monoisotopic (exact) mass is 861 g/mol. The molecular formula is C46H85O12P. The van der Waals surface area contributed by atoms with Crippen molar-refractivity contribution in [3.63, 3.8) is 0 Å². The molecule has 0 heterocycles. The highest BCUT2D eigenvalue weighted by molar-refractivity contribution is 7.47. The lowest BCUT2D eigenvalue weighted by atomic mass is 9.85. The second-order valence-electron chi connectivity index (χ2n) is 16.3. The number of phosphoric ester groups is 1. The van der Waals surface area contributed by atoms with Crippen LogP contribution in [0, 0.1) is 0 Å². The van der Waals surface area contributed by atoms with Crippen molar-refractivity contribution in [2.24, 2.45) is 0 Å².